The van der Waals surface area contributed by atoms with Gasteiger partial charge in [0.25, 0.3) is 5.91 Å². The van der Waals surface area contributed by atoms with E-state index < -0.39 is 0 Å². The van der Waals surface area contributed by atoms with Gasteiger partial charge < -0.3 is 0 Å². The van der Waals surface area contributed by atoms with Crippen molar-refractivity contribution in [1.29, 1.82) is 0 Å². The number of thiophene rings is 1. The van der Waals surface area contributed by atoms with Crippen LogP contribution in [0.4, 0.5) is 0 Å². The molecule has 1 aromatic carbocycles. The minimum atomic E-state index is -0.0482. The maximum absolute atomic E-state index is 12.6. The number of thioether (sulfide) groups is 1. The Balaban J connectivity index is 1.88. The van der Waals surface area contributed by atoms with E-state index in [-0.39, 0.29) is 11.9 Å². The molecule has 0 radical (unpaired) electrons. The van der Waals surface area contributed by atoms with Gasteiger partial charge >= 0.3 is 0 Å². The zero-order chi connectivity index (χ0) is 14.8. The summed E-state index contributed by atoms with van der Waals surface area (Å²) >= 11 is 8.39. The van der Waals surface area contributed by atoms with Crippen LogP contribution in [0.25, 0.3) is 6.08 Å². The molecule has 21 heavy (non-hydrogen) atoms. The van der Waals surface area contributed by atoms with Crippen LogP contribution in [0, 0.1) is 0 Å². The Morgan fingerprint density at radius 1 is 1.19 bits per heavy atom. The van der Waals surface area contributed by atoms with E-state index in [2.05, 4.69) is 0 Å². The molecule has 1 atom stereocenters. The summed E-state index contributed by atoms with van der Waals surface area (Å²) in [6, 6.07) is 13.9. The second kappa shape index (κ2) is 6.13. The third-order valence-corrected chi connectivity index (χ3v) is 5.46. The Hall–Kier alpha value is -1.43. The molecule has 0 bridgehead atoms. The predicted octanol–water partition coefficient (Wildman–Crippen LogP) is 4.71. The van der Waals surface area contributed by atoms with Crippen molar-refractivity contribution in [3.05, 3.63) is 63.2 Å². The first-order chi connectivity index (χ1) is 10.2. The lowest BCUT2D eigenvalue weighted by Crippen LogP contribution is -2.30. The summed E-state index contributed by atoms with van der Waals surface area (Å²) in [5.41, 5.74) is 1.09. The fourth-order valence-corrected chi connectivity index (χ4v) is 4.34. The van der Waals surface area contributed by atoms with Crippen molar-refractivity contribution in [3.63, 3.8) is 0 Å². The van der Waals surface area contributed by atoms with Gasteiger partial charge in [-0.1, -0.05) is 60.4 Å². The number of hydrogen-bond acceptors (Lipinski definition) is 4. The minimum Gasteiger partial charge on any atom is -0.286 e. The van der Waals surface area contributed by atoms with E-state index in [9.17, 15) is 4.79 Å². The number of carbonyl (C=O) groups excluding carboxylic acids is 1. The molecule has 1 aliphatic heterocycles. The second-order valence-electron chi connectivity index (χ2n) is 4.65. The Morgan fingerprint density at radius 2 is 1.95 bits per heavy atom. The lowest BCUT2D eigenvalue weighted by molar-refractivity contribution is -0.123. The molecule has 106 valence electrons. The standard InChI is InChI=1S/C16H13NOS3/c1-11(12-6-3-2-4-7-12)17-15(18)14(21-16(17)19)10-13-8-5-9-20-13/h2-11H,1H3/b14-10-. The van der Waals surface area contributed by atoms with Gasteiger partial charge in [0.15, 0.2) is 0 Å². The topological polar surface area (TPSA) is 20.3 Å². The van der Waals surface area contributed by atoms with Crippen LogP contribution < -0.4 is 0 Å². The summed E-state index contributed by atoms with van der Waals surface area (Å²) < 4.78 is 0.624. The molecule has 0 spiro atoms. The van der Waals surface area contributed by atoms with Crippen LogP contribution in [0.5, 0.6) is 0 Å². The van der Waals surface area contributed by atoms with Crippen LogP contribution in [-0.2, 0) is 4.79 Å². The summed E-state index contributed by atoms with van der Waals surface area (Å²) in [6.07, 6.45) is 1.92. The van der Waals surface area contributed by atoms with Crippen LogP contribution in [0.3, 0.4) is 0 Å². The summed E-state index contributed by atoms with van der Waals surface area (Å²) in [7, 11) is 0. The Labute approximate surface area is 137 Å². The highest BCUT2D eigenvalue weighted by atomic mass is 32.2. The van der Waals surface area contributed by atoms with Crippen molar-refractivity contribution in [2.75, 3.05) is 0 Å². The Kier molecular flexibility index (Phi) is 4.24. The van der Waals surface area contributed by atoms with Crippen LogP contribution in [0.15, 0.2) is 52.7 Å². The quantitative estimate of drug-likeness (QED) is 0.600. The van der Waals surface area contributed by atoms with Crippen molar-refractivity contribution < 1.29 is 4.79 Å². The van der Waals surface area contributed by atoms with Gasteiger partial charge in [0.05, 0.1) is 10.9 Å². The molecule has 2 aromatic rings. The predicted molar refractivity (Wildman–Crippen MR) is 94.2 cm³/mol. The lowest BCUT2D eigenvalue weighted by Gasteiger charge is -2.23. The molecule has 1 amide bonds. The largest absolute Gasteiger partial charge is 0.286 e. The zero-order valence-corrected chi connectivity index (χ0v) is 13.8. The van der Waals surface area contributed by atoms with Gasteiger partial charge in [-0.25, -0.2) is 0 Å². The first-order valence-corrected chi connectivity index (χ1v) is 8.63. The van der Waals surface area contributed by atoms with Gasteiger partial charge in [0, 0.05) is 4.88 Å². The summed E-state index contributed by atoms with van der Waals surface area (Å²) in [5.74, 6) is -0.00486. The molecule has 2 heterocycles. The third kappa shape index (κ3) is 2.95. The number of nitrogens with zero attached hydrogens (tertiary/aromatic N) is 1. The van der Waals surface area contributed by atoms with E-state index in [1.807, 2.05) is 60.8 Å². The molecule has 1 aliphatic rings. The number of amides is 1. The Bertz CT molecular complexity index is 692. The van der Waals surface area contributed by atoms with E-state index in [1.165, 1.54) is 11.8 Å². The highest BCUT2D eigenvalue weighted by Gasteiger charge is 2.35. The monoisotopic (exact) mass is 331 g/mol. The van der Waals surface area contributed by atoms with E-state index >= 15 is 0 Å². The molecule has 5 heteroatoms. The molecule has 0 saturated carbocycles. The number of carbonyl (C=O) groups is 1. The maximum Gasteiger partial charge on any atom is 0.266 e. The molecule has 1 saturated heterocycles. The molecular weight excluding hydrogens is 318 g/mol. The average Bonchev–Trinajstić information content (AvgIpc) is 3.09. The van der Waals surface area contributed by atoms with Crippen molar-refractivity contribution in [2.45, 2.75) is 13.0 Å². The van der Waals surface area contributed by atoms with E-state index in [0.717, 1.165) is 10.4 Å². The van der Waals surface area contributed by atoms with E-state index in [1.54, 1.807) is 16.2 Å². The van der Waals surface area contributed by atoms with Gasteiger partial charge in [-0.05, 0) is 30.0 Å². The number of benzene rings is 1. The minimum absolute atomic E-state index is 0.00486. The van der Waals surface area contributed by atoms with Crippen LogP contribution >= 0.6 is 35.3 Å². The smallest absolute Gasteiger partial charge is 0.266 e. The number of thiocarbonyl (C=S) groups is 1. The van der Waals surface area contributed by atoms with Gasteiger partial charge in [-0.2, -0.15) is 0 Å². The molecule has 2 nitrogen and oxygen atoms in total. The highest BCUT2D eigenvalue weighted by Crippen LogP contribution is 2.38. The SMILES string of the molecule is CC(c1ccccc1)N1C(=O)/C(=C/c2cccs2)SC1=S. The van der Waals surface area contributed by atoms with Gasteiger partial charge in [0.1, 0.15) is 4.32 Å². The van der Waals surface area contributed by atoms with Crippen molar-refractivity contribution >= 4 is 51.6 Å². The normalized spacial score (nSPS) is 18.5. The second-order valence-corrected chi connectivity index (χ2v) is 7.31. The van der Waals surface area contributed by atoms with Gasteiger partial charge in [-0.3, -0.25) is 9.69 Å². The lowest BCUT2D eigenvalue weighted by atomic mass is 10.1. The molecule has 0 N–H and O–H groups in total. The average molecular weight is 331 g/mol. The van der Waals surface area contributed by atoms with Crippen molar-refractivity contribution in [3.8, 4) is 0 Å². The molecule has 1 unspecified atom stereocenters. The number of hydrogen-bond donors (Lipinski definition) is 0. The van der Waals surface area contributed by atoms with Gasteiger partial charge in [-0.15, -0.1) is 11.3 Å². The molecule has 1 aromatic heterocycles. The zero-order valence-electron chi connectivity index (χ0n) is 11.4. The first-order valence-electron chi connectivity index (χ1n) is 6.52. The Morgan fingerprint density at radius 3 is 2.62 bits per heavy atom. The fraction of sp³-hybridized carbons (Fsp3) is 0.125. The van der Waals surface area contributed by atoms with E-state index in [4.69, 9.17) is 12.2 Å². The summed E-state index contributed by atoms with van der Waals surface area (Å²) in [6.45, 7) is 2.01. The van der Waals surface area contributed by atoms with E-state index in [0.29, 0.717) is 9.23 Å². The van der Waals surface area contributed by atoms with Crippen molar-refractivity contribution in [2.24, 2.45) is 0 Å². The molecular formula is C16H13NOS3. The third-order valence-electron chi connectivity index (χ3n) is 3.31. The maximum atomic E-state index is 12.6. The van der Waals surface area contributed by atoms with Crippen LogP contribution in [0.2, 0.25) is 0 Å². The fourth-order valence-electron chi connectivity index (χ4n) is 2.20. The van der Waals surface area contributed by atoms with Crippen molar-refractivity contribution in [1.82, 2.24) is 4.90 Å². The van der Waals surface area contributed by atoms with Crippen LogP contribution in [0.1, 0.15) is 23.4 Å². The molecule has 3 rings (SSSR count). The summed E-state index contributed by atoms with van der Waals surface area (Å²) in [5, 5.41) is 2.00. The molecule has 0 aliphatic carbocycles. The highest BCUT2D eigenvalue weighted by molar-refractivity contribution is 8.26. The molecule has 1 fully saturated rings. The summed E-state index contributed by atoms with van der Waals surface area (Å²) in [4.78, 5) is 16.1. The van der Waals surface area contributed by atoms with Crippen LogP contribution in [-0.4, -0.2) is 15.1 Å². The first kappa shape index (κ1) is 14.5. The number of rotatable bonds is 3. The van der Waals surface area contributed by atoms with Gasteiger partial charge in [0.2, 0.25) is 0 Å².